The molecule has 1 aromatic heterocycles. The van der Waals surface area contributed by atoms with E-state index >= 15 is 0 Å². The Morgan fingerprint density at radius 1 is 1.19 bits per heavy atom. The van der Waals surface area contributed by atoms with Crippen LogP contribution in [0.5, 0.6) is 0 Å². The number of para-hydroxylation sites is 1. The van der Waals surface area contributed by atoms with E-state index in [1.54, 1.807) is 11.9 Å². The second-order valence-corrected chi connectivity index (χ2v) is 7.63. The largest absolute Gasteiger partial charge is 0.459 e. The van der Waals surface area contributed by atoms with Gasteiger partial charge in [-0.05, 0) is 31.9 Å². The number of carbonyl (C=O) groups is 3. The Hall–Kier alpha value is -2.63. The highest BCUT2D eigenvalue weighted by Gasteiger charge is 2.48. The van der Waals surface area contributed by atoms with Gasteiger partial charge in [-0.2, -0.15) is 0 Å². The average Bonchev–Trinajstić information content (AvgIpc) is 3.22. The zero-order chi connectivity index (χ0) is 19.1. The number of furan rings is 1. The van der Waals surface area contributed by atoms with Gasteiger partial charge in [0.15, 0.2) is 0 Å². The van der Waals surface area contributed by atoms with Crippen molar-refractivity contribution in [3.05, 3.63) is 36.1 Å². The standard InChI is InChI=1S/C21H24N2O4/c1-13(18-11-14-7-3-6-10-17(14)27-18)22(2)19(24)12-23-20(25)15-8-4-5-9-16(15)21(23)26/h3,6-7,10-11,13,15-16H,4-5,8-9,12H2,1-2H3. The summed E-state index contributed by atoms with van der Waals surface area (Å²) in [7, 11) is 1.68. The number of imide groups is 1. The minimum absolute atomic E-state index is 0.178. The van der Waals surface area contributed by atoms with Crippen LogP contribution in [0.15, 0.2) is 34.7 Å². The summed E-state index contributed by atoms with van der Waals surface area (Å²) >= 11 is 0. The van der Waals surface area contributed by atoms with E-state index in [-0.39, 0.29) is 42.1 Å². The van der Waals surface area contributed by atoms with E-state index in [0.29, 0.717) is 5.76 Å². The topological polar surface area (TPSA) is 70.8 Å². The first-order valence-electron chi connectivity index (χ1n) is 9.56. The molecule has 3 unspecified atom stereocenters. The fourth-order valence-electron chi connectivity index (χ4n) is 4.25. The van der Waals surface area contributed by atoms with Gasteiger partial charge >= 0.3 is 0 Å². The lowest BCUT2D eigenvalue weighted by Crippen LogP contribution is -2.42. The maximum Gasteiger partial charge on any atom is 0.243 e. The van der Waals surface area contributed by atoms with E-state index in [0.717, 1.165) is 36.7 Å². The highest BCUT2D eigenvalue weighted by Crippen LogP contribution is 2.38. The summed E-state index contributed by atoms with van der Waals surface area (Å²) in [5.74, 6) is -0.386. The molecule has 4 rings (SSSR count). The van der Waals surface area contributed by atoms with Gasteiger partial charge in [0.05, 0.1) is 17.9 Å². The molecule has 27 heavy (non-hydrogen) atoms. The van der Waals surface area contributed by atoms with Gasteiger partial charge in [0, 0.05) is 12.4 Å². The Bertz CT molecular complexity index is 845. The van der Waals surface area contributed by atoms with Crippen LogP contribution in [-0.2, 0) is 14.4 Å². The number of nitrogens with zero attached hydrogens (tertiary/aromatic N) is 2. The third-order valence-electron chi connectivity index (χ3n) is 6.06. The first kappa shape index (κ1) is 17.8. The summed E-state index contributed by atoms with van der Waals surface area (Å²) in [5, 5.41) is 0.981. The van der Waals surface area contributed by atoms with Crippen LogP contribution in [-0.4, -0.2) is 41.1 Å². The third-order valence-corrected chi connectivity index (χ3v) is 6.06. The van der Waals surface area contributed by atoms with Crippen LogP contribution in [0.2, 0.25) is 0 Å². The van der Waals surface area contributed by atoms with Gasteiger partial charge in [-0.3, -0.25) is 19.3 Å². The molecule has 2 aliphatic rings. The summed E-state index contributed by atoms with van der Waals surface area (Å²) < 4.78 is 5.85. The second-order valence-electron chi connectivity index (χ2n) is 7.63. The van der Waals surface area contributed by atoms with E-state index in [4.69, 9.17) is 4.42 Å². The molecule has 1 saturated carbocycles. The number of likely N-dealkylation sites (tertiary alicyclic amines) is 1. The third kappa shape index (κ3) is 3.03. The van der Waals surface area contributed by atoms with E-state index in [2.05, 4.69) is 0 Å². The van der Waals surface area contributed by atoms with Gasteiger partial charge in [-0.25, -0.2) is 0 Å². The number of fused-ring (bicyclic) bond motifs is 2. The highest BCUT2D eigenvalue weighted by molar-refractivity contribution is 6.07. The molecule has 0 N–H and O–H groups in total. The van der Waals surface area contributed by atoms with Crippen molar-refractivity contribution in [3.63, 3.8) is 0 Å². The Kier molecular flexibility index (Phi) is 4.50. The van der Waals surface area contributed by atoms with Gasteiger partial charge < -0.3 is 9.32 Å². The Balaban J connectivity index is 1.47. The molecule has 3 amide bonds. The lowest BCUT2D eigenvalue weighted by Gasteiger charge is -2.25. The molecular weight excluding hydrogens is 344 g/mol. The predicted octanol–water partition coefficient (Wildman–Crippen LogP) is 3.13. The number of hydrogen-bond acceptors (Lipinski definition) is 4. The molecular formula is C21H24N2O4. The summed E-state index contributed by atoms with van der Waals surface area (Å²) in [6.45, 7) is 1.69. The Labute approximate surface area is 158 Å². The first-order chi connectivity index (χ1) is 13.0. The lowest BCUT2D eigenvalue weighted by molar-refractivity contribution is -0.146. The zero-order valence-electron chi connectivity index (χ0n) is 15.7. The lowest BCUT2D eigenvalue weighted by atomic mass is 9.81. The molecule has 6 nitrogen and oxygen atoms in total. The molecule has 2 heterocycles. The molecule has 1 aliphatic heterocycles. The monoisotopic (exact) mass is 368 g/mol. The Morgan fingerprint density at radius 3 is 2.44 bits per heavy atom. The number of likely N-dealkylation sites (N-methyl/N-ethyl adjacent to an activating group) is 1. The summed E-state index contributed by atoms with van der Waals surface area (Å²) in [4.78, 5) is 40.6. The smallest absolute Gasteiger partial charge is 0.243 e. The first-order valence-corrected chi connectivity index (χ1v) is 9.56. The van der Waals surface area contributed by atoms with Crippen molar-refractivity contribution in [2.75, 3.05) is 13.6 Å². The number of rotatable bonds is 4. The van der Waals surface area contributed by atoms with E-state index in [9.17, 15) is 14.4 Å². The molecule has 1 aromatic carbocycles. The molecule has 142 valence electrons. The Morgan fingerprint density at radius 2 is 1.81 bits per heavy atom. The van der Waals surface area contributed by atoms with Gasteiger partial charge in [-0.1, -0.05) is 31.0 Å². The number of hydrogen-bond donors (Lipinski definition) is 0. The summed E-state index contributed by atoms with van der Waals surface area (Å²) in [6.07, 6.45) is 3.46. The molecule has 6 heteroatoms. The van der Waals surface area contributed by atoms with E-state index < -0.39 is 0 Å². The van der Waals surface area contributed by atoms with Crippen molar-refractivity contribution in [2.24, 2.45) is 11.8 Å². The minimum atomic E-state index is -0.292. The molecule has 1 saturated heterocycles. The molecule has 1 aliphatic carbocycles. The number of benzene rings is 1. The fraction of sp³-hybridized carbons (Fsp3) is 0.476. The quantitative estimate of drug-likeness (QED) is 0.778. The molecule has 0 bridgehead atoms. The predicted molar refractivity (Wildman–Crippen MR) is 99.6 cm³/mol. The van der Waals surface area contributed by atoms with Gasteiger partial charge in [0.2, 0.25) is 17.7 Å². The molecule has 2 aromatic rings. The fourth-order valence-corrected chi connectivity index (χ4v) is 4.25. The van der Waals surface area contributed by atoms with Crippen molar-refractivity contribution < 1.29 is 18.8 Å². The van der Waals surface area contributed by atoms with Crippen molar-refractivity contribution in [1.82, 2.24) is 9.80 Å². The maximum absolute atomic E-state index is 12.8. The van der Waals surface area contributed by atoms with Gasteiger partial charge in [-0.15, -0.1) is 0 Å². The molecule has 0 radical (unpaired) electrons. The van der Waals surface area contributed by atoms with Crippen molar-refractivity contribution in [3.8, 4) is 0 Å². The zero-order valence-corrected chi connectivity index (χ0v) is 15.7. The van der Waals surface area contributed by atoms with E-state index in [1.807, 2.05) is 37.3 Å². The second kappa shape index (κ2) is 6.83. The van der Waals surface area contributed by atoms with Crippen LogP contribution in [0.3, 0.4) is 0 Å². The van der Waals surface area contributed by atoms with Gasteiger partial charge in [0.25, 0.3) is 0 Å². The minimum Gasteiger partial charge on any atom is -0.459 e. The van der Waals surface area contributed by atoms with Crippen molar-refractivity contribution in [2.45, 2.75) is 38.6 Å². The SMILES string of the molecule is CC(c1cc2ccccc2o1)N(C)C(=O)CN1C(=O)C2CCCCC2C1=O. The number of carbonyl (C=O) groups excluding carboxylic acids is 3. The maximum atomic E-state index is 12.8. The summed E-state index contributed by atoms with van der Waals surface area (Å²) in [6, 6.07) is 9.31. The van der Waals surface area contributed by atoms with Crippen LogP contribution < -0.4 is 0 Å². The molecule has 3 atom stereocenters. The molecule has 0 spiro atoms. The highest BCUT2D eigenvalue weighted by atomic mass is 16.3. The van der Waals surface area contributed by atoms with Crippen molar-refractivity contribution in [1.29, 1.82) is 0 Å². The van der Waals surface area contributed by atoms with E-state index in [1.165, 1.54) is 4.90 Å². The van der Waals surface area contributed by atoms with Crippen LogP contribution in [0.25, 0.3) is 11.0 Å². The van der Waals surface area contributed by atoms with Crippen molar-refractivity contribution >= 4 is 28.7 Å². The van der Waals surface area contributed by atoms with Crippen LogP contribution in [0, 0.1) is 11.8 Å². The normalized spacial score (nSPS) is 23.6. The van der Waals surface area contributed by atoms with Crippen LogP contribution in [0.1, 0.15) is 44.4 Å². The average molecular weight is 368 g/mol. The van der Waals surface area contributed by atoms with Gasteiger partial charge in [0.1, 0.15) is 17.9 Å². The molecule has 2 fully saturated rings. The number of amides is 3. The van der Waals surface area contributed by atoms with Crippen LogP contribution in [0.4, 0.5) is 0 Å². The summed E-state index contributed by atoms with van der Waals surface area (Å²) in [5.41, 5.74) is 0.772. The van der Waals surface area contributed by atoms with Crippen LogP contribution >= 0.6 is 0 Å².